The molecule has 78 valence electrons. The van der Waals surface area contributed by atoms with Crippen molar-refractivity contribution >= 4 is 0 Å². The number of quaternary nitrogens is 1. The smallest absolute Gasteiger partial charge is 0.152 e. The molecule has 0 fully saturated rings. The minimum atomic E-state index is 0.990. The van der Waals surface area contributed by atoms with E-state index in [4.69, 9.17) is 10.1 Å². The highest BCUT2D eigenvalue weighted by molar-refractivity contribution is 5.13. The Balaban J connectivity index is 0.000000500. The highest BCUT2D eigenvalue weighted by Crippen LogP contribution is 2.04. The number of hydrogen-bond donors (Lipinski definition) is 1. The Kier molecular flexibility index (Phi) is 5.48. The second-order valence-electron chi connectivity index (χ2n) is 4.02. The lowest BCUT2D eigenvalue weighted by Gasteiger charge is -2.23. The van der Waals surface area contributed by atoms with Gasteiger partial charge >= 0.3 is 0 Å². The first-order valence-corrected chi connectivity index (χ1v) is 4.30. The molecule has 4 nitrogen and oxygen atoms in total. The summed E-state index contributed by atoms with van der Waals surface area (Å²) in [5.41, 5.74) is 1.40. The lowest BCUT2D eigenvalue weighted by molar-refractivity contribution is -0.884. The quantitative estimate of drug-likeness (QED) is 0.448. The van der Waals surface area contributed by atoms with Gasteiger partial charge in [-0.1, -0.05) is 30.3 Å². The van der Waals surface area contributed by atoms with Crippen LogP contribution in [0.1, 0.15) is 5.56 Å². The van der Waals surface area contributed by atoms with Crippen LogP contribution in [0.2, 0.25) is 0 Å². The van der Waals surface area contributed by atoms with Crippen molar-refractivity contribution in [1.82, 2.24) is 0 Å². The maximum Gasteiger partial charge on any atom is 0.152 e. The topological polar surface area (TPSA) is 49.7 Å². The van der Waals surface area contributed by atoms with Gasteiger partial charge in [-0.05, 0) is 0 Å². The van der Waals surface area contributed by atoms with Crippen LogP contribution in [0.25, 0.3) is 0 Å². The van der Waals surface area contributed by atoms with E-state index in [1.165, 1.54) is 10.9 Å². The molecule has 0 unspecified atom stereocenters. The summed E-state index contributed by atoms with van der Waals surface area (Å²) in [6.07, 6.45) is 0. The molecule has 0 saturated heterocycles. The molecule has 14 heavy (non-hydrogen) atoms. The summed E-state index contributed by atoms with van der Waals surface area (Å²) in [5.74, 6) is 0. The summed E-state index contributed by atoms with van der Waals surface area (Å²) in [4.78, 5) is 8.11. The van der Waals surface area contributed by atoms with E-state index >= 15 is 0 Å². The van der Waals surface area contributed by atoms with E-state index in [1.54, 1.807) is 0 Å². The van der Waals surface area contributed by atoms with E-state index < -0.39 is 0 Å². The molecule has 0 aromatic heterocycles. The minimum absolute atomic E-state index is 0.990. The van der Waals surface area contributed by atoms with Gasteiger partial charge in [-0.3, -0.25) is 0 Å². The largest absolute Gasteiger partial charge is 0.379 e. The van der Waals surface area contributed by atoms with Crippen molar-refractivity contribution in [1.29, 1.82) is 0 Å². The molecule has 1 aromatic carbocycles. The molecule has 1 aromatic rings. The Morgan fingerprint density at radius 1 is 1.21 bits per heavy atom. The molecular formula is C10H17N2O2+. The zero-order chi connectivity index (χ0) is 11.0. The van der Waals surface area contributed by atoms with Gasteiger partial charge in [0.1, 0.15) is 6.54 Å². The summed E-state index contributed by atoms with van der Waals surface area (Å²) in [7, 11) is 6.60. The predicted molar refractivity (Wildman–Crippen MR) is 55.8 cm³/mol. The molecule has 0 aliphatic carbocycles. The fraction of sp³-hybridized carbons (Fsp3) is 0.400. The van der Waals surface area contributed by atoms with Gasteiger partial charge in [-0.15, -0.1) is 4.91 Å². The molecule has 0 heterocycles. The molecule has 1 N–H and O–H groups in total. The molecule has 0 amide bonds. The van der Waals surface area contributed by atoms with Crippen LogP contribution in [0.4, 0.5) is 0 Å². The zero-order valence-corrected chi connectivity index (χ0v) is 8.84. The van der Waals surface area contributed by atoms with E-state index in [-0.39, 0.29) is 0 Å². The molecule has 4 heteroatoms. The Morgan fingerprint density at radius 3 is 2.00 bits per heavy atom. The van der Waals surface area contributed by atoms with Crippen LogP contribution in [0.5, 0.6) is 0 Å². The SMILES string of the molecule is C[N+](C)(C)Cc1ccccc1.O=NO. The van der Waals surface area contributed by atoms with Crippen LogP contribution >= 0.6 is 0 Å². The van der Waals surface area contributed by atoms with Crippen LogP contribution in [0, 0.1) is 4.91 Å². The third kappa shape index (κ3) is 7.24. The average molecular weight is 197 g/mol. The Bertz CT molecular complexity index is 255. The predicted octanol–water partition coefficient (Wildman–Crippen LogP) is 2.03. The standard InChI is InChI=1S/C10H16N.HNO2/c1-11(2,3)9-10-7-5-4-6-8-10;2-1-3/h4-8H,9H2,1-3H3;(H,2,3)/q+1;. The Hall–Kier alpha value is -1.42. The first-order valence-electron chi connectivity index (χ1n) is 4.30. The lowest BCUT2D eigenvalue weighted by Crippen LogP contribution is -2.33. The van der Waals surface area contributed by atoms with Crippen molar-refractivity contribution in [3.63, 3.8) is 0 Å². The lowest BCUT2D eigenvalue weighted by atomic mass is 10.2. The van der Waals surface area contributed by atoms with Crippen molar-refractivity contribution in [2.45, 2.75) is 6.54 Å². The minimum Gasteiger partial charge on any atom is -0.379 e. The second kappa shape index (κ2) is 6.10. The third-order valence-electron chi connectivity index (χ3n) is 1.50. The summed E-state index contributed by atoms with van der Waals surface area (Å²) in [6, 6.07) is 10.6. The normalized spacial score (nSPS) is 9.93. The van der Waals surface area contributed by atoms with Crippen LogP contribution in [-0.4, -0.2) is 30.8 Å². The summed E-state index contributed by atoms with van der Waals surface area (Å²) in [6.45, 7) is 1.10. The molecule has 0 bridgehead atoms. The second-order valence-corrected chi connectivity index (χ2v) is 4.02. The van der Waals surface area contributed by atoms with E-state index in [1.807, 2.05) is 0 Å². The number of rotatable bonds is 2. The molecule has 0 aliphatic heterocycles. The van der Waals surface area contributed by atoms with Crippen LogP contribution in [0.3, 0.4) is 0 Å². The van der Waals surface area contributed by atoms with Gasteiger partial charge in [-0.2, -0.15) is 0 Å². The fourth-order valence-electron chi connectivity index (χ4n) is 1.13. The molecule has 0 radical (unpaired) electrons. The Morgan fingerprint density at radius 2 is 1.64 bits per heavy atom. The zero-order valence-electron chi connectivity index (χ0n) is 8.84. The van der Waals surface area contributed by atoms with Gasteiger partial charge in [0.05, 0.1) is 21.1 Å². The highest BCUT2D eigenvalue weighted by Gasteiger charge is 2.06. The van der Waals surface area contributed by atoms with Crippen LogP contribution in [-0.2, 0) is 6.54 Å². The van der Waals surface area contributed by atoms with Crippen molar-refractivity contribution < 1.29 is 9.69 Å². The molecule has 0 atom stereocenters. The van der Waals surface area contributed by atoms with Gasteiger partial charge in [0.15, 0.2) is 5.34 Å². The van der Waals surface area contributed by atoms with Gasteiger partial charge < -0.3 is 9.69 Å². The van der Waals surface area contributed by atoms with Crippen LogP contribution in [0.15, 0.2) is 35.7 Å². The fourth-order valence-corrected chi connectivity index (χ4v) is 1.13. The highest BCUT2D eigenvalue weighted by atomic mass is 16.6. The van der Waals surface area contributed by atoms with Crippen molar-refractivity contribution in [2.75, 3.05) is 21.1 Å². The first-order chi connectivity index (χ1) is 6.49. The van der Waals surface area contributed by atoms with Gasteiger partial charge in [0, 0.05) is 5.56 Å². The van der Waals surface area contributed by atoms with E-state index in [2.05, 4.69) is 51.5 Å². The molecule has 0 aliphatic rings. The van der Waals surface area contributed by atoms with Crippen LogP contribution < -0.4 is 0 Å². The summed E-state index contributed by atoms with van der Waals surface area (Å²) < 4.78 is 0.990. The maximum absolute atomic E-state index is 8.11. The number of nitrogens with zero attached hydrogens (tertiary/aromatic N) is 2. The summed E-state index contributed by atoms with van der Waals surface area (Å²) in [5, 5.41) is 7.89. The van der Waals surface area contributed by atoms with Gasteiger partial charge in [-0.25, -0.2) is 0 Å². The van der Waals surface area contributed by atoms with E-state index in [0.29, 0.717) is 0 Å². The van der Waals surface area contributed by atoms with Crippen molar-refractivity contribution in [2.24, 2.45) is 5.34 Å². The monoisotopic (exact) mass is 197 g/mol. The average Bonchev–Trinajstić information content (AvgIpc) is 2.04. The molecule has 1 rings (SSSR count). The molecular weight excluding hydrogens is 180 g/mol. The van der Waals surface area contributed by atoms with E-state index in [9.17, 15) is 0 Å². The summed E-state index contributed by atoms with van der Waals surface area (Å²) >= 11 is 0. The van der Waals surface area contributed by atoms with Crippen molar-refractivity contribution in [3.8, 4) is 0 Å². The molecule has 0 spiro atoms. The Labute approximate surface area is 84.3 Å². The van der Waals surface area contributed by atoms with Crippen molar-refractivity contribution in [3.05, 3.63) is 40.8 Å². The number of hydrogen-bond acceptors (Lipinski definition) is 2. The third-order valence-corrected chi connectivity index (χ3v) is 1.50. The molecule has 0 saturated carbocycles. The van der Waals surface area contributed by atoms with E-state index in [0.717, 1.165) is 11.0 Å². The number of benzene rings is 1. The van der Waals surface area contributed by atoms with Gasteiger partial charge in [0.2, 0.25) is 0 Å². The first kappa shape index (κ1) is 12.6. The van der Waals surface area contributed by atoms with Gasteiger partial charge in [0.25, 0.3) is 0 Å². The maximum atomic E-state index is 8.11.